The van der Waals surface area contributed by atoms with Gasteiger partial charge < -0.3 is 19.3 Å². The standard InChI is InChI=1S/C18H19BrN2O5/c1-3-25-14-6-4-5-7-15(14)26-11-17(22)21-20-10-12-8-13(19)18(23)16(9-12)24-2/h4-10,23H,3,11H2,1-2H3,(H,21,22). The number of rotatable bonds is 8. The van der Waals surface area contributed by atoms with Crippen LogP contribution in [0.1, 0.15) is 12.5 Å². The molecular formula is C18H19BrN2O5. The normalized spacial score (nSPS) is 10.6. The molecule has 0 aliphatic rings. The van der Waals surface area contributed by atoms with Gasteiger partial charge in [-0.15, -0.1) is 0 Å². The Labute approximate surface area is 159 Å². The van der Waals surface area contributed by atoms with Gasteiger partial charge in [-0.3, -0.25) is 4.79 Å². The summed E-state index contributed by atoms with van der Waals surface area (Å²) in [5.41, 5.74) is 3.00. The lowest BCUT2D eigenvalue weighted by Gasteiger charge is -2.10. The number of carbonyl (C=O) groups excluding carboxylic acids is 1. The van der Waals surface area contributed by atoms with Crippen molar-refractivity contribution in [1.82, 2.24) is 5.43 Å². The molecule has 0 aromatic heterocycles. The first kappa shape index (κ1) is 19.6. The number of para-hydroxylation sites is 2. The molecule has 0 atom stereocenters. The minimum absolute atomic E-state index is 0.00458. The van der Waals surface area contributed by atoms with Crippen LogP contribution in [0.4, 0.5) is 0 Å². The van der Waals surface area contributed by atoms with Gasteiger partial charge in [-0.1, -0.05) is 12.1 Å². The summed E-state index contributed by atoms with van der Waals surface area (Å²) in [6.45, 7) is 2.17. The Morgan fingerprint density at radius 3 is 2.58 bits per heavy atom. The van der Waals surface area contributed by atoms with Crippen molar-refractivity contribution >= 4 is 28.1 Å². The van der Waals surface area contributed by atoms with Crippen molar-refractivity contribution < 1.29 is 24.1 Å². The van der Waals surface area contributed by atoms with Crippen LogP contribution in [-0.4, -0.2) is 37.6 Å². The van der Waals surface area contributed by atoms with Crippen LogP contribution in [0.5, 0.6) is 23.0 Å². The molecule has 2 aromatic rings. The molecule has 2 N–H and O–H groups in total. The summed E-state index contributed by atoms with van der Waals surface area (Å²) in [4.78, 5) is 11.9. The lowest BCUT2D eigenvalue weighted by molar-refractivity contribution is -0.123. The molecule has 0 bridgehead atoms. The molecule has 2 rings (SSSR count). The molecule has 0 unspecified atom stereocenters. The summed E-state index contributed by atoms with van der Waals surface area (Å²) in [6, 6.07) is 10.3. The lowest BCUT2D eigenvalue weighted by Crippen LogP contribution is -2.24. The number of amides is 1. The van der Waals surface area contributed by atoms with E-state index in [4.69, 9.17) is 14.2 Å². The zero-order valence-corrected chi connectivity index (χ0v) is 15.9. The molecule has 0 heterocycles. The van der Waals surface area contributed by atoms with Crippen LogP contribution in [0.15, 0.2) is 46.0 Å². The Morgan fingerprint density at radius 1 is 1.23 bits per heavy atom. The summed E-state index contributed by atoms with van der Waals surface area (Å²) >= 11 is 3.22. The Hall–Kier alpha value is -2.74. The molecule has 2 aromatic carbocycles. The first-order valence-corrected chi connectivity index (χ1v) is 8.57. The highest BCUT2D eigenvalue weighted by Crippen LogP contribution is 2.34. The van der Waals surface area contributed by atoms with Crippen LogP contribution in [0, 0.1) is 0 Å². The second-order valence-electron chi connectivity index (χ2n) is 5.02. The van der Waals surface area contributed by atoms with E-state index in [0.29, 0.717) is 33.9 Å². The summed E-state index contributed by atoms with van der Waals surface area (Å²) < 4.78 is 16.4. The minimum Gasteiger partial charge on any atom is -0.503 e. The number of phenols is 1. The van der Waals surface area contributed by atoms with Crippen molar-refractivity contribution in [3.05, 3.63) is 46.4 Å². The molecule has 7 nitrogen and oxygen atoms in total. The van der Waals surface area contributed by atoms with Crippen molar-refractivity contribution in [3.63, 3.8) is 0 Å². The first-order chi connectivity index (χ1) is 12.5. The third-order valence-corrected chi connectivity index (χ3v) is 3.79. The molecule has 26 heavy (non-hydrogen) atoms. The number of ether oxygens (including phenoxy) is 3. The number of methoxy groups -OCH3 is 1. The van der Waals surface area contributed by atoms with E-state index < -0.39 is 5.91 Å². The molecule has 0 spiro atoms. The van der Waals surface area contributed by atoms with Crippen LogP contribution in [0.2, 0.25) is 0 Å². The van der Waals surface area contributed by atoms with Crippen LogP contribution in [0.3, 0.4) is 0 Å². The predicted octanol–water partition coefficient (Wildman–Crippen LogP) is 3.09. The van der Waals surface area contributed by atoms with Crippen molar-refractivity contribution in [2.45, 2.75) is 6.92 Å². The number of hydrogen-bond acceptors (Lipinski definition) is 6. The maximum atomic E-state index is 11.9. The first-order valence-electron chi connectivity index (χ1n) is 7.78. The number of hydrazone groups is 1. The Bertz CT molecular complexity index is 795. The fraction of sp³-hybridized carbons (Fsp3) is 0.222. The van der Waals surface area contributed by atoms with Gasteiger partial charge in [-0.05, 0) is 52.7 Å². The SMILES string of the molecule is CCOc1ccccc1OCC(=O)NN=Cc1cc(Br)c(O)c(OC)c1. The maximum absolute atomic E-state index is 11.9. The fourth-order valence-electron chi connectivity index (χ4n) is 2.02. The van der Waals surface area contributed by atoms with E-state index in [1.54, 1.807) is 30.3 Å². The van der Waals surface area contributed by atoms with Crippen LogP contribution >= 0.6 is 15.9 Å². The smallest absolute Gasteiger partial charge is 0.277 e. The second-order valence-corrected chi connectivity index (χ2v) is 5.87. The Kier molecular flexibility index (Phi) is 7.28. The number of nitrogens with one attached hydrogen (secondary N) is 1. The fourth-order valence-corrected chi connectivity index (χ4v) is 2.48. The average molecular weight is 423 g/mol. The van der Waals surface area contributed by atoms with Gasteiger partial charge in [0, 0.05) is 0 Å². The van der Waals surface area contributed by atoms with Crippen LogP contribution < -0.4 is 19.6 Å². The van der Waals surface area contributed by atoms with Gasteiger partial charge in [0.25, 0.3) is 5.91 Å². The van der Waals surface area contributed by atoms with E-state index in [1.165, 1.54) is 13.3 Å². The molecular weight excluding hydrogens is 404 g/mol. The van der Waals surface area contributed by atoms with Crippen molar-refractivity contribution in [2.24, 2.45) is 5.10 Å². The summed E-state index contributed by atoms with van der Waals surface area (Å²) in [6.07, 6.45) is 1.43. The third kappa shape index (κ3) is 5.38. The molecule has 0 radical (unpaired) electrons. The van der Waals surface area contributed by atoms with Crippen LogP contribution in [-0.2, 0) is 4.79 Å². The number of aromatic hydroxyl groups is 1. The molecule has 1 amide bonds. The molecule has 0 saturated heterocycles. The molecule has 0 fully saturated rings. The third-order valence-electron chi connectivity index (χ3n) is 3.18. The minimum atomic E-state index is -0.419. The number of phenolic OH excluding ortho intramolecular Hbond substituents is 1. The number of benzene rings is 2. The van der Waals surface area contributed by atoms with E-state index >= 15 is 0 Å². The van der Waals surface area contributed by atoms with Gasteiger partial charge in [0.05, 0.1) is 24.4 Å². The van der Waals surface area contributed by atoms with Gasteiger partial charge in [0.1, 0.15) is 0 Å². The van der Waals surface area contributed by atoms with E-state index in [1.807, 2.05) is 13.0 Å². The Morgan fingerprint density at radius 2 is 1.92 bits per heavy atom. The molecule has 0 aliphatic carbocycles. The van der Waals surface area contributed by atoms with Crippen molar-refractivity contribution in [3.8, 4) is 23.0 Å². The van der Waals surface area contributed by atoms with Crippen molar-refractivity contribution in [1.29, 1.82) is 0 Å². The summed E-state index contributed by atoms with van der Waals surface area (Å²) in [5, 5.41) is 13.6. The van der Waals surface area contributed by atoms with Crippen LogP contribution in [0.25, 0.3) is 0 Å². The van der Waals surface area contributed by atoms with E-state index in [0.717, 1.165) is 0 Å². The van der Waals surface area contributed by atoms with Gasteiger partial charge in [0.2, 0.25) is 0 Å². The average Bonchev–Trinajstić information content (AvgIpc) is 2.64. The molecule has 8 heteroatoms. The zero-order valence-electron chi connectivity index (χ0n) is 14.4. The van der Waals surface area contributed by atoms with Gasteiger partial charge in [0.15, 0.2) is 29.6 Å². The van der Waals surface area contributed by atoms with Gasteiger partial charge in [-0.25, -0.2) is 5.43 Å². The largest absolute Gasteiger partial charge is 0.503 e. The van der Waals surface area contributed by atoms with Gasteiger partial charge in [-0.2, -0.15) is 5.10 Å². The number of halogens is 1. The Balaban J connectivity index is 1.91. The number of hydrogen-bond donors (Lipinski definition) is 2. The summed E-state index contributed by atoms with van der Waals surface area (Å²) in [7, 11) is 1.45. The molecule has 0 aliphatic heterocycles. The number of carbonyl (C=O) groups is 1. The molecule has 138 valence electrons. The van der Waals surface area contributed by atoms with Gasteiger partial charge >= 0.3 is 0 Å². The lowest BCUT2D eigenvalue weighted by atomic mass is 10.2. The molecule has 0 saturated carbocycles. The van der Waals surface area contributed by atoms with Crippen molar-refractivity contribution in [2.75, 3.05) is 20.3 Å². The topological polar surface area (TPSA) is 89.4 Å². The highest BCUT2D eigenvalue weighted by atomic mass is 79.9. The quantitative estimate of drug-likeness (QED) is 0.503. The zero-order chi connectivity index (χ0) is 18.9. The van der Waals surface area contributed by atoms with E-state index in [-0.39, 0.29) is 12.4 Å². The van der Waals surface area contributed by atoms with E-state index in [9.17, 15) is 9.90 Å². The predicted molar refractivity (Wildman–Crippen MR) is 101 cm³/mol. The highest BCUT2D eigenvalue weighted by Gasteiger charge is 2.08. The monoisotopic (exact) mass is 422 g/mol. The highest BCUT2D eigenvalue weighted by molar-refractivity contribution is 9.10. The maximum Gasteiger partial charge on any atom is 0.277 e. The van der Waals surface area contributed by atoms with E-state index in [2.05, 4.69) is 26.5 Å². The number of nitrogens with zero attached hydrogens (tertiary/aromatic N) is 1. The second kappa shape index (κ2) is 9.67. The summed E-state index contributed by atoms with van der Waals surface area (Å²) in [5.74, 6) is 0.934.